The Bertz CT molecular complexity index is 749. The predicted molar refractivity (Wildman–Crippen MR) is 105 cm³/mol. The number of aromatic nitrogens is 1. The average molecular weight is 357 g/mol. The SMILES string of the molecule is CCc1cccc(N2CCN(c3ccnc(OC(C)(C)C)c3)CC2)c1F. The maximum atomic E-state index is 14.6. The van der Waals surface area contributed by atoms with Crippen molar-refractivity contribution in [2.45, 2.75) is 39.7 Å². The first-order valence-corrected chi connectivity index (χ1v) is 9.30. The van der Waals surface area contributed by atoms with E-state index in [9.17, 15) is 4.39 Å². The zero-order valence-corrected chi connectivity index (χ0v) is 16.1. The monoisotopic (exact) mass is 357 g/mol. The molecule has 2 aromatic rings. The van der Waals surface area contributed by atoms with Crippen molar-refractivity contribution in [2.75, 3.05) is 36.0 Å². The summed E-state index contributed by atoms with van der Waals surface area (Å²) in [5.74, 6) is 0.562. The maximum Gasteiger partial charge on any atom is 0.215 e. The Morgan fingerprint density at radius 2 is 1.77 bits per heavy atom. The second kappa shape index (κ2) is 7.52. The topological polar surface area (TPSA) is 28.6 Å². The number of rotatable bonds is 4. The number of benzene rings is 1. The molecule has 5 heteroatoms. The molecule has 0 bridgehead atoms. The van der Waals surface area contributed by atoms with E-state index >= 15 is 0 Å². The number of pyridine rings is 1. The number of hydrogen-bond acceptors (Lipinski definition) is 4. The van der Waals surface area contributed by atoms with Gasteiger partial charge in [0.1, 0.15) is 11.4 Å². The van der Waals surface area contributed by atoms with Gasteiger partial charge in [0.05, 0.1) is 5.69 Å². The molecule has 1 saturated heterocycles. The minimum absolute atomic E-state index is 0.0757. The normalized spacial score (nSPS) is 15.3. The summed E-state index contributed by atoms with van der Waals surface area (Å²) in [5, 5.41) is 0. The Hall–Kier alpha value is -2.30. The lowest BCUT2D eigenvalue weighted by molar-refractivity contribution is 0.124. The van der Waals surface area contributed by atoms with Crippen LogP contribution in [0.25, 0.3) is 0 Å². The van der Waals surface area contributed by atoms with E-state index in [1.165, 1.54) is 0 Å². The number of ether oxygens (including phenoxy) is 1. The van der Waals surface area contributed by atoms with Crippen LogP contribution in [0.1, 0.15) is 33.3 Å². The van der Waals surface area contributed by atoms with Crippen LogP contribution < -0.4 is 14.5 Å². The van der Waals surface area contributed by atoms with Gasteiger partial charge in [-0.2, -0.15) is 0 Å². The molecule has 0 saturated carbocycles. The number of anilines is 2. The van der Waals surface area contributed by atoms with E-state index in [0.29, 0.717) is 12.3 Å². The van der Waals surface area contributed by atoms with Gasteiger partial charge >= 0.3 is 0 Å². The van der Waals surface area contributed by atoms with E-state index in [-0.39, 0.29) is 11.4 Å². The van der Waals surface area contributed by atoms with E-state index in [0.717, 1.165) is 43.1 Å². The van der Waals surface area contributed by atoms with E-state index in [1.807, 2.05) is 58.0 Å². The molecule has 1 aromatic carbocycles. The standard InChI is InChI=1S/C21H28FN3O/c1-5-16-7-6-8-18(20(16)22)25-13-11-24(12-14-25)17-9-10-23-19(15-17)26-21(2,3)4/h6-10,15H,5,11-14H2,1-4H3. The molecule has 26 heavy (non-hydrogen) atoms. The lowest BCUT2D eigenvalue weighted by Gasteiger charge is -2.37. The number of nitrogens with zero attached hydrogens (tertiary/aromatic N) is 3. The Morgan fingerprint density at radius 1 is 1.08 bits per heavy atom. The molecule has 3 rings (SSSR count). The number of aryl methyl sites for hydroxylation is 1. The Labute approximate surface area is 155 Å². The van der Waals surface area contributed by atoms with Crippen LogP contribution in [0.5, 0.6) is 5.88 Å². The highest BCUT2D eigenvalue weighted by molar-refractivity contribution is 5.54. The van der Waals surface area contributed by atoms with Gasteiger partial charge in [0, 0.05) is 44.1 Å². The van der Waals surface area contributed by atoms with Crippen molar-refractivity contribution in [1.82, 2.24) is 4.98 Å². The predicted octanol–water partition coefficient (Wildman–Crippen LogP) is 4.29. The third-order valence-electron chi connectivity index (χ3n) is 4.55. The fourth-order valence-corrected chi connectivity index (χ4v) is 3.25. The van der Waals surface area contributed by atoms with Gasteiger partial charge in [0.25, 0.3) is 0 Å². The van der Waals surface area contributed by atoms with Crippen molar-refractivity contribution in [3.8, 4) is 5.88 Å². The average Bonchev–Trinajstić information content (AvgIpc) is 2.61. The summed E-state index contributed by atoms with van der Waals surface area (Å²) < 4.78 is 20.5. The van der Waals surface area contributed by atoms with Crippen molar-refractivity contribution in [1.29, 1.82) is 0 Å². The molecule has 0 amide bonds. The van der Waals surface area contributed by atoms with Gasteiger partial charge in [0.2, 0.25) is 5.88 Å². The van der Waals surface area contributed by atoms with Crippen molar-refractivity contribution in [2.24, 2.45) is 0 Å². The van der Waals surface area contributed by atoms with Crippen LogP contribution in [0.2, 0.25) is 0 Å². The molecule has 0 aliphatic carbocycles. The molecule has 0 unspecified atom stereocenters. The van der Waals surface area contributed by atoms with Crippen LogP contribution >= 0.6 is 0 Å². The van der Waals surface area contributed by atoms with Gasteiger partial charge in [-0.1, -0.05) is 19.1 Å². The zero-order valence-electron chi connectivity index (χ0n) is 16.1. The molecule has 140 valence electrons. The summed E-state index contributed by atoms with van der Waals surface area (Å²) in [6.45, 7) is 11.3. The van der Waals surface area contributed by atoms with Gasteiger partial charge in [-0.05, 0) is 44.9 Å². The van der Waals surface area contributed by atoms with Gasteiger partial charge in [-0.3, -0.25) is 0 Å². The summed E-state index contributed by atoms with van der Waals surface area (Å²) >= 11 is 0. The molecule has 0 spiro atoms. The van der Waals surface area contributed by atoms with Crippen LogP contribution in [0.4, 0.5) is 15.8 Å². The van der Waals surface area contributed by atoms with Crippen molar-refractivity contribution >= 4 is 11.4 Å². The van der Waals surface area contributed by atoms with Crippen LogP contribution in [0.3, 0.4) is 0 Å². The van der Waals surface area contributed by atoms with E-state index < -0.39 is 0 Å². The molecule has 4 nitrogen and oxygen atoms in total. The van der Waals surface area contributed by atoms with E-state index in [2.05, 4.69) is 14.8 Å². The van der Waals surface area contributed by atoms with Gasteiger partial charge in [-0.25, -0.2) is 9.37 Å². The van der Waals surface area contributed by atoms with Crippen molar-refractivity contribution in [3.63, 3.8) is 0 Å². The second-order valence-electron chi connectivity index (χ2n) is 7.64. The lowest BCUT2D eigenvalue weighted by Crippen LogP contribution is -2.46. The van der Waals surface area contributed by atoms with Gasteiger partial charge < -0.3 is 14.5 Å². The third-order valence-corrected chi connectivity index (χ3v) is 4.55. The Morgan fingerprint density at radius 3 is 2.42 bits per heavy atom. The highest BCUT2D eigenvalue weighted by Crippen LogP contribution is 2.27. The van der Waals surface area contributed by atoms with Crippen LogP contribution in [-0.4, -0.2) is 36.8 Å². The van der Waals surface area contributed by atoms with Crippen molar-refractivity contribution in [3.05, 3.63) is 47.9 Å². The maximum absolute atomic E-state index is 14.6. The largest absolute Gasteiger partial charge is 0.472 e. The first kappa shape index (κ1) is 18.5. The molecule has 0 N–H and O–H groups in total. The summed E-state index contributed by atoms with van der Waals surface area (Å²) in [6, 6.07) is 9.68. The molecule has 1 fully saturated rings. The molecule has 1 aliphatic rings. The fraction of sp³-hybridized carbons (Fsp3) is 0.476. The number of hydrogen-bond donors (Lipinski definition) is 0. The minimum atomic E-state index is -0.272. The summed E-state index contributed by atoms with van der Waals surface area (Å²) in [6.07, 6.45) is 2.50. The smallest absolute Gasteiger partial charge is 0.215 e. The molecular weight excluding hydrogens is 329 g/mol. The Balaban J connectivity index is 1.68. The molecule has 2 heterocycles. The first-order chi connectivity index (χ1) is 12.4. The van der Waals surface area contributed by atoms with E-state index in [1.54, 1.807) is 6.20 Å². The quantitative estimate of drug-likeness (QED) is 0.816. The van der Waals surface area contributed by atoms with Gasteiger partial charge in [0.15, 0.2) is 0 Å². The van der Waals surface area contributed by atoms with E-state index in [4.69, 9.17) is 4.74 Å². The first-order valence-electron chi connectivity index (χ1n) is 9.30. The highest BCUT2D eigenvalue weighted by atomic mass is 19.1. The third kappa shape index (κ3) is 4.26. The fourth-order valence-electron chi connectivity index (χ4n) is 3.25. The Kier molecular flexibility index (Phi) is 5.35. The van der Waals surface area contributed by atoms with Gasteiger partial charge in [-0.15, -0.1) is 0 Å². The van der Waals surface area contributed by atoms with Crippen LogP contribution in [0.15, 0.2) is 36.5 Å². The molecule has 0 atom stereocenters. The molecular formula is C21H28FN3O. The van der Waals surface area contributed by atoms with Crippen LogP contribution in [0, 0.1) is 5.82 Å². The summed E-state index contributed by atoms with van der Waals surface area (Å²) in [4.78, 5) is 8.74. The lowest BCUT2D eigenvalue weighted by atomic mass is 10.1. The second-order valence-corrected chi connectivity index (χ2v) is 7.64. The van der Waals surface area contributed by atoms with Crippen molar-refractivity contribution < 1.29 is 9.13 Å². The zero-order chi connectivity index (χ0) is 18.7. The number of halogens is 1. The summed E-state index contributed by atoms with van der Waals surface area (Å²) in [5.41, 5.74) is 2.33. The summed E-state index contributed by atoms with van der Waals surface area (Å²) in [7, 11) is 0. The molecule has 0 radical (unpaired) electrons. The highest BCUT2D eigenvalue weighted by Gasteiger charge is 2.21. The molecule has 1 aliphatic heterocycles. The molecule has 1 aromatic heterocycles. The minimum Gasteiger partial charge on any atom is -0.472 e. The van der Waals surface area contributed by atoms with Crippen LogP contribution in [-0.2, 0) is 6.42 Å². The number of piperazine rings is 1.